The molecular formula is C13H16N2O3S. The molecule has 1 aromatic carbocycles. The number of hydrogen-bond acceptors (Lipinski definition) is 4. The summed E-state index contributed by atoms with van der Waals surface area (Å²) in [4.78, 5) is 0. The van der Waals surface area contributed by atoms with Crippen LogP contribution in [0.1, 0.15) is 24.0 Å². The molecule has 1 atom stereocenters. The van der Waals surface area contributed by atoms with Crippen LogP contribution in [0.4, 0.5) is 0 Å². The average molecular weight is 280 g/mol. The van der Waals surface area contributed by atoms with Crippen molar-refractivity contribution in [1.29, 1.82) is 5.26 Å². The highest BCUT2D eigenvalue weighted by molar-refractivity contribution is 7.88. The number of nitriles is 1. The van der Waals surface area contributed by atoms with E-state index in [4.69, 9.17) is 5.26 Å². The van der Waals surface area contributed by atoms with Gasteiger partial charge < -0.3 is 5.11 Å². The molecule has 1 unspecified atom stereocenters. The minimum atomic E-state index is -3.40. The highest BCUT2D eigenvalue weighted by Gasteiger charge is 2.27. The van der Waals surface area contributed by atoms with E-state index in [1.54, 1.807) is 24.3 Å². The second-order valence-electron chi connectivity index (χ2n) is 4.72. The van der Waals surface area contributed by atoms with Crippen LogP contribution in [0, 0.1) is 11.3 Å². The Kier molecular flexibility index (Phi) is 4.20. The molecule has 0 aromatic heterocycles. The number of hydrogen-bond donors (Lipinski definition) is 1. The fourth-order valence-electron chi connectivity index (χ4n) is 2.15. The summed E-state index contributed by atoms with van der Waals surface area (Å²) in [7, 11) is -3.40. The van der Waals surface area contributed by atoms with E-state index in [2.05, 4.69) is 0 Å². The van der Waals surface area contributed by atoms with Crippen molar-refractivity contribution < 1.29 is 13.5 Å². The number of aliphatic hydroxyl groups excluding tert-OH is 1. The predicted molar refractivity (Wildman–Crippen MR) is 70.6 cm³/mol. The van der Waals surface area contributed by atoms with Crippen LogP contribution in [0.5, 0.6) is 0 Å². The molecule has 1 saturated heterocycles. The maximum absolute atomic E-state index is 12.2. The smallest absolute Gasteiger partial charge is 0.218 e. The van der Waals surface area contributed by atoms with Crippen molar-refractivity contribution in [3.8, 4) is 6.07 Å². The van der Waals surface area contributed by atoms with Crippen LogP contribution in [0.2, 0.25) is 0 Å². The van der Waals surface area contributed by atoms with Crippen molar-refractivity contribution in [3.05, 3.63) is 35.4 Å². The summed E-state index contributed by atoms with van der Waals surface area (Å²) in [5.41, 5.74) is 1.16. The van der Waals surface area contributed by atoms with Gasteiger partial charge in [0.05, 0.1) is 23.5 Å². The standard InChI is InChI=1S/C13H16N2O3S/c14-8-11-3-5-12(6-4-11)10-19(17,18)15-7-1-2-13(16)9-15/h3-6,13,16H,1-2,7,9-10H2. The Hall–Kier alpha value is -1.42. The number of benzene rings is 1. The first-order chi connectivity index (χ1) is 9.01. The molecular weight excluding hydrogens is 264 g/mol. The van der Waals surface area contributed by atoms with Gasteiger partial charge in [-0.25, -0.2) is 8.42 Å². The molecule has 102 valence electrons. The molecule has 1 aromatic rings. The lowest BCUT2D eigenvalue weighted by molar-refractivity contribution is 0.108. The van der Waals surface area contributed by atoms with E-state index in [1.807, 2.05) is 6.07 Å². The van der Waals surface area contributed by atoms with Gasteiger partial charge in [-0.1, -0.05) is 12.1 Å². The van der Waals surface area contributed by atoms with E-state index in [-0.39, 0.29) is 12.3 Å². The highest BCUT2D eigenvalue weighted by atomic mass is 32.2. The van der Waals surface area contributed by atoms with Gasteiger partial charge in [-0.3, -0.25) is 0 Å². The molecule has 1 aliphatic rings. The summed E-state index contributed by atoms with van der Waals surface area (Å²) in [6, 6.07) is 8.51. The predicted octanol–water partition coefficient (Wildman–Crippen LogP) is 0.845. The first kappa shape index (κ1) is 14.0. The summed E-state index contributed by atoms with van der Waals surface area (Å²) in [5.74, 6) is -0.0918. The van der Waals surface area contributed by atoms with Gasteiger partial charge in [0.2, 0.25) is 10.0 Å². The largest absolute Gasteiger partial charge is 0.392 e. The minimum absolute atomic E-state index is 0.0918. The molecule has 0 bridgehead atoms. The lowest BCUT2D eigenvalue weighted by atomic mass is 10.1. The van der Waals surface area contributed by atoms with Gasteiger partial charge in [0.1, 0.15) is 0 Å². The molecule has 1 aliphatic heterocycles. The van der Waals surface area contributed by atoms with E-state index in [1.165, 1.54) is 4.31 Å². The first-order valence-corrected chi connectivity index (χ1v) is 7.77. The molecule has 6 heteroatoms. The summed E-state index contributed by atoms with van der Waals surface area (Å²) in [6.45, 7) is 0.647. The molecule has 0 spiro atoms. The average Bonchev–Trinajstić information content (AvgIpc) is 2.39. The van der Waals surface area contributed by atoms with Crippen molar-refractivity contribution in [2.75, 3.05) is 13.1 Å². The Morgan fingerprint density at radius 1 is 1.37 bits per heavy atom. The third-order valence-corrected chi connectivity index (χ3v) is 5.00. The quantitative estimate of drug-likeness (QED) is 0.889. The number of nitrogens with zero attached hydrogens (tertiary/aromatic N) is 2. The zero-order chi connectivity index (χ0) is 13.9. The van der Waals surface area contributed by atoms with Gasteiger partial charge in [-0.2, -0.15) is 9.57 Å². The van der Waals surface area contributed by atoms with Gasteiger partial charge in [-0.05, 0) is 30.5 Å². The molecule has 2 rings (SSSR count). The van der Waals surface area contributed by atoms with Gasteiger partial charge in [0.25, 0.3) is 0 Å². The Morgan fingerprint density at radius 3 is 2.63 bits per heavy atom. The summed E-state index contributed by atoms with van der Waals surface area (Å²) >= 11 is 0. The van der Waals surface area contributed by atoms with Gasteiger partial charge in [0, 0.05) is 13.1 Å². The molecule has 0 amide bonds. The normalized spacial score (nSPS) is 20.9. The van der Waals surface area contributed by atoms with Crippen LogP contribution in [-0.2, 0) is 15.8 Å². The Bertz CT molecular complexity index is 575. The fraction of sp³-hybridized carbons (Fsp3) is 0.462. The molecule has 1 fully saturated rings. The molecule has 0 aliphatic carbocycles. The van der Waals surface area contributed by atoms with Gasteiger partial charge in [-0.15, -0.1) is 0 Å². The number of piperidine rings is 1. The first-order valence-electron chi connectivity index (χ1n) is 6.16. The van der Waals surface area contributed by atoms with E-state index in [0.717, 1.165) is 0 Å². The number of β-amino-alcohol motifs (C(OH)–C–C–N with tert-alkyl or cyclic N) is 1. The third kappa shape index (κ3) is 3.53. The van der Waals surface area contributed by atoms with Gasteiger partial charge >= 0.3 is 0 Å². The Balaban J connectivity index is 2.09. The second-order valence-corrected chi connectivity index (χ2v) is 6.69. The number of sulfonamides is 1. The number of aliphatic hydroxyl groups is 1. The van der Waals surface area contributed by atoms with E-state index < -0.39 is 16.1 Å². The van der Waals surface area contributed by atoms with E-state index in [0.29, 0.717) is 30.5 Å². The van der Waals surface area contributed by atoms with Crippen molar-refractivity contribution in [2.45, 2.75) is 24.7 Å². The zero-order valence-corrected chi connectivity index (χ0v) is 11.3. The van der Waals surface area contributed by atoms with Crippen LogP contribution >= 0.6 is 0 Å². The minimum Gasteiger partial charge on any atom is -0.392 e. The van der Waals surface area contributed by atoms with Crippen LogP contribution in [0.3, 0.4) is 0 Å². The second kappa shape index (κ2) is 5.70. The molecule has 0 radical (unpaired) electrons. The lowest BCUT2D eigenvalue weighted by Gasteiger charge is -2.29. The fourth-order valence-corrected chi connectivity index (χ4v) is 3.75. The summed E-state index contributed by atoms with van der Waals surface area (Å²) in [6.07, 6.45) is 0.779. The lowest BCUT2D eigenvalue weighted by Crippen LogP contribution is -2.42. The van der Waals surface area contributed by atoms with Crippen molar-refractivity contribution >= 4 is 10.0 Å². The molecule has 1 N–H and O–H groups in total. The van der Waals surface area contributed by atoms with Gasteiger partial charge in [0.15, 0.2) is 0 Å². The maximum Gasteiger partial charge on any atom is 0.218 e. The van der Waals surface area contributed by atoms with Crippen LogP contribution < -0.4 is 0 Å². The summed E-state index contributed by atoms with van der Waals surface area (Å²) in [5, 5.41) is 18.2. The van der Waals surface area contributed by atoms with Crippen LogP contribution in [0.25, 0.3) is 0 Å². The van der Waals surface area contributed by atoms with E-state index >= 15 is 0 Å². The van der Waals surface area contributed by atoms with Crippen molar-refractivity contribution in [1.82, 2.24) is 4.31 Å². The van der Waals surface area contributed by atoms with Crippen molar-refractivity contribution in [3.63, 3.8) is 0 Å². The van der Waals surface area contributed by atoms with E-state index in [9.17, 15) is 13.5 Å². The molecule has 5 nitrogen and oxygen atoms in total. The maximum atomic E-state index is 12.2. The Morgan fingerprint density at radius 2 is 2.05 bits per heavy atom. The number of rotatable bonds is 3. The van der Waals surface area contributed by atoms with Crippen LogP contribution in [0.15, 0.2) is 24.3 Å². The van der Waals surface area contributed by atoms with Crippen LogP contribution in [-0.4, -0.2) is 37.0 Å². The monoisotopic (exact) mass is 280 g/mol. The third-order valence-electron chi connectivity index (χ3n) is 3.18. The molecule has 19 heavy (non-hydrogen) atoms. The highest BCUT2D eigenvalue weighted by Crippen LogP contribution is 2.17. The zero-order valence-electron chi connectivity index (χ0n) is 10.5. The topological polar surface area (TPSA) is 81.4 Å². The molecule has 0 saturated carbocycles. The molecule has 1 heterocycles. The Labute approximate surface area is 113 Å². The van der Waals surface area contributed by atoms with Crippen molar-refractivity contribution in [2.24, 2.45) is 0 Å². The SMILES string of the molecule is N#Cc1ccc(CS(=O)(=O)N2CCCC(O)C2)cc1. The summed E-state index contributed by atoms with van der Waals surface area (Å²) < 4.78 is 25.8.